The number of rotatable bonds is 8. The Labute approximate surface area is 87.4 Å². The summed E-state index contributed by atoms with van der Waals surface area (Å²) in [6.07, 6.45) is 5.34. The van der Waals surface area contributed by atoms with Gasteiger partial charge >= 0.3 is 0 Å². The number of aliphatic hydroxyl groups is 1. The second-order valence-electron chi connectivity index (χ2n) is 3.79. The molecule has 1 unspecified atom stereocenters. The van der Waals surface area contributed by atoms with Crippen molar-refractivity contribution < 1.29 is 9.59 Å². The molecule has 0 aromatic carbocycles. The minimum atomic E-state index is -0.310. The van der Waals surface area contributed by atoms with Gasteiger partial charge in [0, 0.05) is 0 Å². The Balaban J connectivity index is 4.60. The van der Waals surface area contributed by atoms with Gasteiger partial charge in [-0.1, -0.05) is 19.7 Å². The van der Waals surface area contributed by atoms with Crippen LogP contribution in [0.25, 0.3) is 0 Å². The molecule has 0 aliphatic heterocycles. The predicted octanol–water partition coefficient (Wildman–Crippen LogP) is 1.74. The van der Waals surface area contributed by atoms with Gasteiger partial charge in [-0.15, -0.1) is 0 Å². The largest absolute Gasteiger partial charge is 0.388 e. The zero-order valence-corrected chi connectivity index (χ0v) is 9.15. The summed E-state index contributed by atoms with van der Waals surface area (Å²) in [4.78, 5) is 0. The molecule has 0 heterocycles. The van der Waals surface area contributed by atoms with E-state index in [1.54, 1.807) is 0 Å². The van der Waals surface area contributed by atoms with Crippen molar-refractivity contribution in [1.29, 1.82) is 0 Å². The molecule has 0 aliphatic rings. The Hall–Kier alpha value is -0.860. The molecular formula is C12H22NO+. The van der Waals surface area contributed by atoms with E-state index in [0.29, 0.717) is 6.54 Å². The first-order valence-corrected chi connectivity index (χ1v) is 4.96. The van der Waals surface area contributed by atoms with Crippen molar-refractivity contribution in [2.75, 3.05) is 26.2 Å². The van der Waals surface area contributed by atoms with E-state index in [4.69, 9.17) is 0 Å². The van der Waals surface area contributed by atoms with Crippen molar-refractivity contribution in [2.24, 2.45) is 0 Å². The van der Waals surface area contributed by atoms with Crippen molar-refractivity contribution in [3.8, 4) is 0 Å². The van der Waals surface area contributed by atoms with Crippen LogP contribution in [0.1, 0.15) is 6.92 Å². The molecule has 0 aromatic rings. The third kappa shape index (κ3) is 4.40. The third-order valence-corrected chi connectivity index (χ3v) is 2.20. The number of aliphatic hydroxyl groups excluding tert-OH is 1. The van der Waals surface area contributed by atoms with E-state index in [0.717, 1.165) is 24.1 Å². The minimum absolute atomic E-state index is 0.310. The van der Waals surface area contributed by atoms with Crippen LogP contribution in [0.5, 0.6) is 0 Å². The molecule has 1 atom stereocenters. The SMILES string of the molecule is C=CC[N+](CC=C)(CC=C)CC(C)O. The van der Waals surface area contributed by atoms with Crippen LogP contribution in [0.3, 0.4) is 0 Å². The molecule has 80 valence electrons. The highest BCUT2D eigenvalue weighted by Crippen LogP contribution is 2.09. The summed E-state index contributed by atoms with van der Waals surface area (Å²) in [6.45, 7) is 16.3. The maximum atomic E-state index is 9.45. The van der Waals surface area contributed by atoms with E-state index in [1.807, 2.05) is 25.2 Å². The Morgan fingerprint density at radius 3 is 1.64 bits per heavy atom. The highest BCUT2D eigenvalue weighted by atomic mass is 16.3. The van der Waals surface area contributed by atoms with Crippen LogP contribution in [0, 0.1) is 0 Å². The Morgan fingerprint density at radius 2 is 1.43 bits per heavy atom. The van der Waals surface area contributed by atoms with E-state index in [9.17, 15) is 5.11 Å². The summed E-state index contributed by atoms with van der Waals surface area (Å²) in [5.41, 5.74) is 0. The molecule has 2 nitrogen and oxygen atoms in total. The number of hydrogen-bond acceptors (Lipinski definition) is 1. The van der Waals surface area contributed by atoms with E-state index < -0.39 is 0 Å². The summed E-state index contributed by atoms with van der Waals surface area (Å²) >= 11 is 0. The molecule has 0 spiro atoms. The first-order valence-electron chi connectivity index (χ1n) is 4.96. The summed E-state index contributed by atoms with van der Waals surface area (Å²) in [7, 11) is 0. The average Bonchev–Trinajstić information content (AvgIpc) is 2.03. The van der Waals surface area contributed by atoms with Gasteiger partial charge < -0.3 is 9.59 Å². The van der Waals surface area contributed by atoms with Gasteiger partial charge in [0.25, 0.3) is 0 Å². The second-order valence-corrected chi connectivity index (χ2v) is 3.79. The van der Waals surface area contributed by atoms with E-state index in [-0.39, 0.29) is 6.10 Å². The Kier molecular flexibility index (Phi) is 6.17. The molecule has 2 heteroatoms. The van der Waals surface area contributed by atoms with Crippen LogP contribution in [0.2, 0.25) is 0 Å². The van der Waals surface area contributed by atoms with Crippen LogP contribution in [0.4, 0.5) is 0 Å². The van der Waals surface area contributed by atoms with Gasteiger partial charge in [-0.05, 0) is 25.2 Å². The number of hydrogen-bond donors (Lipinski definition) is 1. The van der Waals surface area contributed by atoms with Crippen molar-refractivity contribution in [3.05, 3.63) is 38.0 Å². The van der Waals surface area contributed by atoms with Crippen molar-refractivity contribution in [1.82, 2.24) is 0 Å². The predicted molar refractivity (Wildman–Crippen MR) is 62.0 cm³/mol. The van der Waals surface area contributed by atoms with Crippen molar-refractivity contribution >= 4 is 0 Å². The van der Waals surface area contributed by atoms with Gasteiger partial charge in [-0.3, -0.25) is 0 Å². The molecule has 0 rings (SSSR count). The Morgan fingerprint density at radius 1 is 1.07 bits per heavy atom. The summed E-state index contributed by atoms with van der Waals surface area (Å²) in [5, 5.41) is 9.45. The van der Waals surface area contributed by atoms with Crippen LogP contribution >= 0.6 is 0 Å². The fourth-order valence-corrected chi connectivity index (χ4v) is 1.83. The van der Waals surface area contributed by atoms with Crippen LogP contribution < -0.4 is 0 Å². The van der Waals surface area contributed by atoms with E-state index in [1.165, 1.54) is 0 Å². The first kappa shape index (κ1) is 13.1. The molecule has 0 saturated heterocycles. The second kappa shape index (κ2) is 6.57. The number of quaternary nitrogens is 1. The van der Waals surface area contributed by atoms with Gasteiger partial charge in [0.05, 0.1) is 19.6 Å². The summed E-state index contributed by atoms with van der Waals surface area (Å²) in [6, 6.07) is 0. The van der Waals surface area contributed by atoms with E-state index >= 15 is 0 Å². The lowest BCUT2D eigenvalue weighted by molar-refractivity contribution is -0.914. The van der Waals surface area contributed by atoms with Crippen molar-refractivity contribution in [2.45, 2.75) is 13.0 Å². The molecule has 0 aliphatic carbocycles. The van der Waals surface area contributed by atoms with Gasteiger partial charge in [0.1, 0.15) is 12.6 Å². The smallest absolute Gasteiger partial charge is 0.105 e. The highest BCUT2D eigenvalue weighted by Gasteiger charge is 2.24. The van der Waals surface area contributed by atoms with Gasteiger partial charge in [-0.2, -0.15) is 0 Å². The zero-order chi connectivity index (χ0) is 11.0. The topological polar surface area (TPSA) is 20.2 Å². The molecular weight excluding hydrogens is 174 g/mol. The average molecular weight is 196 g/mol. The molecule has 0 bridgehead atoms. The van der Waals surface area contributed by atoms with Crippen LogP contribution in [0.15, 0.2) is 38.0 Å². The van der Waals surface area contributed by atoms with Gasteiger partial charge in [0.2, 0.25) is 0 Å². The van der Waals surface area contributed by atoms with Gasteiger partial charge in [-0.25, -0.2) is 0 Å². The first-order chi connectivity index (χ1) is 6.60. The molecule has 0 amide bonds. The molecule has 0 aromatic heterocycles. The third-order valence-electron chi connectivity index (χ3n) is 2.20. The molecule has 0 radical (unpaired) electrons. The maximum Gasteiger partial charge on any atom is 0.105 e. The Bertz CT molecular complexity index is 170. The molecule has 0 fully saturated rings. The molecule has 1 N–H and O–H groups in total. The lowest BCUT2D eigenvalue weighted by Gasteiger charge is -2.37. The van der Waals surface area contributed by atoms with Crippen LogP contribution in [-0.2, 0) is 0 Å². The van der Waals surface area contributed by atoms with E-state index in [2.05, 4.69) is 19.7 Å². The highest BCUT2D eigenvalue weighted by molar-refractivity contribution is 4.76. The fourth-order valence-electron chi connectivity index (χ4n) is 1.83. The molecule has 0 saturated carbocycles. The quantitative estimate of drug-likeness (QED) is 0.463. The van der Waals surface area contributed by atoms with Crippen molar-refractivity contribution in [3.63, 3.8) is 0 Å². The number of nitrogens with zero attached hydrogens (tertiary/aromatic N) is 1. The van der Waals surface area contributed by atoms with Crippen LogP contribution in [-0.4, -0.2) is 41.9 Å². The lowest BCUT2D eigenvalue weighted by atomic mass is 10.2. The normalized spacial score (nSPS) is 13.3. The minimum Gasteiger partial charge on any atom is -0.388 e. The standard InChI is InChI=1S/C12H22NO/c1-5-8-13(9-6-2,10-7-3)11-12(4)14/h5-7,12,14H,1-3,8-11H2,4H3/q+1. The monoisotopic (exact) mass is 196 g/mol. The lowest BCUT2D eigenvalue weighted by Crippen LogP contribution is -2.52. The fraction of sp³-hybridized carbons (Fsp3) is 0.500. The summed E-state index contributed by atoms with van der Waals surface area (Å²) in [5.74, 6) is 0. The maximum absolute atomic E-state index is 9.45. The summed E-state index contributed by atoms with van der Waals surface area (Å²) < 4.78 is 0.758. The zero-order valence-electron chi connectivity index (χ0n) is 9.15. The van der Waals surface area contributed by atoms with Gasteiger partial charge in [0.15, 0.2) is 0 Å². The molecule has 14 heavy (non-hydrogen) atoms.